The Bertz CT molecular complexity index is 280. The Morgan fingerprint density at radius 1 is 0.565 bits per heavy atom. The SMILES string of the molecule is CCCCCCCCCCCC[P+](C)(C)C.F[P-](F)(F)(F)(F)F. The summed E-state index contributed by atoms with van der Waals surface area (Å²) in [7, 11) is -11.1. The van der Waals surface area contributed by atoms with E-state index < -0.39 is 15.1 Å². The number of rotatable bonds is 11. The first-order valence-corrected chi connectivity index (χ1v) is 13.7. The van der Waals surface area contributed by atoms with Crippen molar-refractivity contribution in [3.8, 4) is 0 Å². The predicted octanol–water partition coefficient (Wildman–Crippen LogP) is 9.20. The van der Waals surface area contributed by atoms with Crippen molar-refractivity contribution in [1.29, 1.82) is 0 Å². The molecule has 0 aliphatic carbocycles. The normalized spacial score (nSPS) is 15.4. The van der Waals surface area contributed by atoms with Crippen molar-refractivity contribution in [2.24, 2.45) is 0 Å². The Hall–Kier alpha value is 0.440. The zero-order chi connectivity index (χ0) is 18.7. The van der Waals surface area contributed by atoms with Crippen LogP contribution in [0.15, 0.2) is 0 Å². The Morgan fingerprint density at radius 2 is 0.826 bits per heavy atom. The van der Waals surface area contributed by atoms with Crippen molar-refractivity contribution in [3.63, 3.8) is 0 Å². The van der Waals surface area contributed by atoms with Gasteiger partial charge >= 0.3 is 33.0 Å². The van der Waals surface area contributed by atoms with Crippen molar-refractivity contribution >= 4 is 15.1 Å². The quantitative estimate of drug-likeness (QED) is 0.187. The van der Waals surface area contributed by atoms with Crippen molar-refractivity contribution in [3.05, 3.63) is 0 Å². The summed E-state index contributed by atoms with van der Waals surface area (Å²) in [6, 6.07) is 0. The summed E-state index contributed by atoms with van der Waals surface area (Å²) in [5, 5.41) is 0. The number of halogens is 6. The van der Waals surface area contributed by atoms with Crippen LogP contribution in [-0.2, 0) is 0 Å². The summed E-state index contributed by atoms with van der Waals surface area (Å²) in [5.74, 6) is 0. The molecule has 0 radical (unpaired) electrons. The zero-order valence-electron chi connectivity index (χ0n) is 14.9. The first-order chi connectivity index (χ1) is 10.0. The fraction of sp³-hybridized carbons (Fsp3) is 1.00. The van der Waals surface area contributed by atoms with Crippen LogP contribution in [0, 0.1) is 0 Å². The van der Waals surface area contributed by atoms with E-state index in [-0.39, 0.29) is 0 Å². The second kappa shape index (κ2) is 9.80. The Morgan fingerprint density at radius 3 is 1.09 bits per heavy atom. The van der Waals surface area contributed by atoms with Crippen molar-refractivity contribution in [1.82, 2.24) is 0 Å². The molecule has 0 amide bonds. The van der Waals surface area contributed by atoms with E-state index in [1.807, 2.05) is 0 Å². The third kappa shape index (κ3) is 51.9. The molecule has 0 aliphatic rings. The molecule has 0 atom stereocenters. The molecule has 0 aliphatic heterocycles. The van der Waals surface area contributed by atoms with Crippen LogP contribution in [0.1, 0.15) is 71.1 Å². The molecule has 0 rings (SSSR count). The molecular weight excluding hydrogens is 356 g/mol. The molecule has 0 aromatic heterocycles. The Balaban J connectivity index is 0. The van der Waals surface area contributed by atoms with E-state index in [2.05, 4.69) is 26.9 Å². The van der Waals surface area contributed by atoms with E-state index in [1.165, 1.54) is 70.4 Å². The summed E-state index contributed by atoms with van der Waals surface area (Å²) >= 11 is 0. The van der Waals surface area contributed by atoms with Gasteiger partial charge in [0.05, 0.1) is 6.16 Å². The third-order valence-corrected chi connectivity index (χ3v) is 4.84. The zero-order valence-corrected chi connectivity index (χ0v) is 16.7. The van der Waals surface area contributed by atoms with Gasteiger partial charge in [0, 0.05) is 27.3 Å². The minimum absolute atomic E-state index is 0.490. The van der Waals surface area contributed by atoms with Crippen LogP contribution >= 0.6 is 15.1 Å². The molecular formula is C15H34F6P2. The molecule has 0 saturated heterocycles. The number of hydrogen-bond donors (Lipinski definition) is 0. The molecule has 0 heterocycles. The third-order valence-electron chi connectivity index (χ3n) is 3.18. The van der Waals surface area contributed by atoms with Gasteiger partial charge in [-0.1, -0.05) is 58.3 Å². The maximum atomic E-state index is 9.87. The van der Waals surface area contributed by atoms with Gasteiger partial charge in [-0.15, -0.1) is 0 Å². The van der Waals surface area contributed by atoms with Crippen LogP contribution in [0.2, 0.25) is 0 Å². The monoisotopic (exact) mass is 390 g/mol. The van der Waals surface area contributed by atoms with E-state index in [0.29, 0.717) is 0 Å². The van der Waals surface area contributed by atoms with Crippen molar-refractivity contribution < 1.29 is 25.2 Å². The van der Waals surface area contributed by atoms with Crippen LogP contribution in [0.25, 0.3) is 0 Å². The van der Waals surface area contributed by atoms with Gasteiger partial charge in [0.2, 0.25) is 0 Å². The maximum absolute atomic E-state index is 10.7. The second-order valence-electron chi connectivity index (χ2n) is 7.15. The first kappa shape index (κ1) is 25.7. The molecule has 23 heavy (non-hydrogen) atoms. The molecule has 0 bridgehead atoms. The Kier molecular flexibility index (Phi) is 10.9. The fourth-order valence-electron chi connectivity index (χ4n) is 2.07. The molecule has 146 valence electrons. The van der Waals surface area contributed by atoms with E-state index in [1.54, 1.807) is 0 Å². The van der Waals surface area contributed by atoms with Gasteiger partial charge < -0.3 is 0 Å². The van der Waals surface area contributed by atoms with E-state index in [4.69, 9.17) is 0 Å². The number of unbranched alkanes of at least 4 members (excludes halogenated alkanes) is 9. The minimum atomic E-state index is -10.7. The summed E-state index contributed by atoms with van der Waals surface area (Å²) in [5.41, 5.74) is 0. The van der Waals surface area contributed by atoms with E-state index >= 15 is 0 Å². The summed E-state index contributed by atoms with van der Waals surface area (Å²) < 4.78 is 59.2. The van der Waals surface area contributed by atoms with Gasteiger partial charge in [-0.05, 0) is 12.8 Å². The molecule has 0 fully saturated rings. The predicted molar refractivity (Wildman–Crippen MR) is 95.0 cm³/mol. The molecule has 0 spiro atoms. The van der Waals surface area contributed by atoms with Gasteiger partial charge in [-0.25, -0.2) is 0 Å². The van der Waals surface area contributed by atoms with Gasteiger partial charge in [0.15, 0.2) is 0 Å². The van der Waals surface area contributed by atoms with Crippen LogP contribution in [0.3, 0.4) is 0 Å². The van der Waals surface area contributed by atoms with Crippen LogP contribution in [0.4, 0.5) is 25.2 Å². The number of hydrogen-bond acceptors (Lipinski definition) is 0. The molecule has 0 aromatic carbocycles. The standard InChI is InChI=1S/C15H34P.F6P/c1-5-6-7-8-9-10-11-12-13-14-15-16(2,3)4;1-7(2,3,4,5)6/h5-15H2,1-4H3;/q+1;-1. The fourth-order valence-corrected chi connectivity index (χ4v) is 3.25. The van der Waals surface area contributed by atoms with Crippen LogP contribution < -0.4 is 0 Å². The average molecular weight is 390 g/mol. The molecule has 0 saturated carbocycles. The van der Waals surface area contributed by atoms with Crippen molar-refractivity contribution in [2.45, 2.75) is 71.1 Å². The van der Waals surface area contributed by atoms with Gasteiger partial charge in [-0.3, -0.25) is 0 Å². The summed E-state index contributed by atoms with van der Waals surface area (Å²) in [6.45, 7) is 9.67. The van der Waals surface area contributed by atoms with Crippen molar-refractivity contribution in [2.75, 3.05) is 26.2 Å². The molecule has 8 heteroatoms. The van der Waals surface area contributed by atoms with Crippen LogP contribution in [-0.4, -0.2) is 26.2 Å². The van der Waals surface area contributed by atoms with E-state index in [0.717, 1.165) is 0 Å². The van der Waals surface area contributed by atoms with Gasteiger partial charge in [-0.2, -0.15) is 0 Å². The van der Waals surface area contributed by atoms with Gasteiger partial charge in [0.25, 0.3) is 0 Å². The van der Waals surface area contributed by atoms with E-state index in [9.17, 15) is 25.2 Å². The first-order valence-electron chi connectivity index (χ1n) is 8.38. The summed E-state index contributed by atoms with van der Waals surface area (Å²) in [4.78, 5) is 0. The molecule has 0 unspecified atom stereocenters. The Labute approximate surface area is 138 Å². The second-order valence-corrected chi connectivity index (χ2v) is 14.1. The molecule has 0 N–H and O–H groups in total. The van der Waals surface area contributed by atoms with Gasteiger partial charge in [0.1, 0.15) is 0 Å². The molecule has 0 nitrogen and oxygen atoms in total. The topological polar surface area (TPSA) is 0 Å². The molecule has 0 aromatic rings. The average Bonchev–Trinajstić information content (AvgIpc) is 2.26. The summed E-state index contributed by atoms with van der Waals surface area (Å²) in [6.07, 6.45) is 16.1. The van der Waals surface area contributed by atoms with Crippen LogP contribution in [0.5, 0.6) is 0 Å².